The van der Waals surface area contributed by atoms with Gasteiger partial charge in [-0.3, -0.25) is 4.79 Å². The van der Waals surface area contributed by atoms with Crippen LogP contribution in [-0.2, 0) is 0 Å². The van der Waals surface area contributed by atoms with Gasteiger partial charge in [-0.15, -0.1) is 11.3 Å². The summed E-state index contributed by atoms with van der Waals surface area (Å²) in [6.45, 7) is 3.97. The topological polar surface area (TPSA) is 36.4 Å². The maximum atomic E-state index is 12.3. The van der Waals surface area contributed by atoms with E-state index >= 15 is 0 Å². The number of amides is 1. The van der Waals surface area contributed by atoms with E-state index in [2.05, 4.69) is 16.9 Å². The Morgan fingerprint density at radius 2 is 2.22 bits per heavy atom. The molecule has 1 unspecified atom stereocenters. The molecule has 1 amide bonds. The maximum absolute atomic E-state index is 12.3. The summed E-state index contributed by atoms with van der Waals surface area (Å²) < 4.78 is 0. The van der Waals surface area contributed by atoms with Crippen molar-refractivity contribution < 1.29 is 4.79 Å². The third-order valence-corrected chi connectivity index (χ3v) is 5.17. The van der Waals surface area contributed by atoms with Crippen LogP contribution in [0.4, 0.5) is 0 Å². The maximum Gasteiger partial charge on any atom is 0.282 e. The van der Waals surface area contributed by atoms with Gasteiger partial charge in [0.15, 0.2) is 5.01 Å². The molecule has 0 aromatic carbocycles. The summed E-state index contributed by atoms with van der Waals surface area (Å²) in [4.78, 5) is 20.6. The lowest BCUT2D eigenvalue weighted by Gasteiger charge is -2.23. The third kappa shape index (κ3) is 2.15. The van der Waals surface area contributed by atoms with Crippen LogP contribution in [-0.4, -0.2) is 53.9 Å². The van der Waals surface area contributed by atoms with Crippen LogP contribution in [0, 0.1) is 5.41 Å². The first-order valence-electron chi connectivity index (χ1n) is 6.17. The molecule has 1 aromatic rings. The first kappa shape index (κ1) is 12.4. The minimum atomic E-state index is 0.0401. The van der Waals surface area contributed by atoms with Crippen molar-refractivity contribution >= 4 is 28.8 Å². The quantitative estimate of drug-likeness (QED) is 0.791. The first-order valence-corrected chi connectivity index (χ1v) is 7.43. The average Bonchev–Trinajstić information content (AvgIpc) is 3.01. The van der Waals surface area contributed by atoms with Gasteiger partial charge >= 0.3 is 0 Å². The van der Waals surface area contributed by atoms with Crippen molar-refractivity contribution in [2.24, 2.45) is 5.41 Å². The molecule has 6 heteroatoms. The number of hydrogen-bond donors (Lipinski definition) is 0. The van der Waals surface area contributed by atoms with E-state index in [9.17, 15) is 4.79 Å². The molecular formula is C12H16ClN3OS. The van der Waals surface area contributed by atoms with E-state index in [4.69, 9.17) is 11.6 Å². The zero-order valence-corrected chi connectivity index (χ0v) is 11.9. The summed E-state index contributed by atoms with van der Waals surface area (Å²) in [7, 11) is 2.15. The Morgan fingerprint density at radius 3 is 2.83 bits per heavy atom. The minimum absolute atomic E-state index is 0.0401. The van der Waals surface area contributed by atoms with E-state index in [1.807, 2.05) is 4.90 Å². The van der Waals surface area contributed by atoms with E-state index in [1.165, 1.54) is 17.8 Å². The molecule has 0 radical (unpaired) electrons. The molecule has 0 saturated carbocycles. The van der Waals surface area contributed by atoms with Crippen LogP contribution in [0.1, 0.15) is 22.6 Å². The second kappa shape index (κ2) is 4.47. The highest BCUT2D eigenvalue weighted by atomic mass is 35.5. The lowest BCUT2D eigenvalue weighted by Crippen LogP contribution is -2.33. The molecule has 2 fully saturated rings. The smallest absolute Gasteiger partial charge is 0.282 e. The molecule has 0 aliphatic carbocycles. The molecule has 18 heavy (non-hydrogen) atoms. The van der Waals surface area contributed by atoms with Gasteiger partial charge < -0.3 is 9.80 Å². The van der Waals surface area contributed by atoms with Gasteiger partial charge in [0.05, 0.1) is 0 Å². The Bertz CT molecular complexity index is 478. The fourth-order valence-electron chi connectivity index (χ4n) is 3.09. The molecule has 4 nitrogen and oxygen atoms in total. The van der Waals surface area contributed by atoms with Gasteiger partial charge in [0.25, 0.3) is 5.91 Å². The number of thiazole rings is 1. The van der Waals surface area contributed by atoms with E-state index in [-0.39, 0.29) is 5.91 Å². The van der Waals surface area contributed by atoms with E-state index < -0.39 is 0 Å². The first-order chi connectivity index (χ1) is 8.58. The van der Waals surface area contributed by atoms with Crippen LogP contribution < -0.4 is 0 Å². The molecule has 2 aliphatic heterocycles. The number of rotatable bonds is 1. The SMILES string of the molecule is CN1CCC2(CCN(C(=O)c3nc(Cl)cs3)C2)C1. The summed E-state index contributed by atoms with van der Waals surface area (Å²) in [5, 5.41) is 2.64. The van der Waals surface area contributed by atoms with Crippen molar-refractivity contribution in [3.63, 3.8) is 0 Å². The molecular weight excluding hydrogens is 270 g/mol. The van der Waals surface area contributed by atoms with Gasteiger partial charge in [-0.05, 0) is 26.4 Å². The number of aromatic nitrogens is 1. The Kier molecular flexibility index (Phi) is 3.08. The van der Waals surface area contributed by atoms with Crippen molar-refractivity contribution in [3.8, 4) is 0 Å². The van der Waals surface area contributed by atoms with Crippen molar-refractivity contribution in [3.05, 3.63) is 15.5 Å². The van der Waals surface area contributed by atoms with Gasteiger partial charge in [0.1, 0.15) is 5.15 Å². The Morgan fingerprint density at radius 1 is 1.44 bits per heavy atom. The molecule has 2 saturated heterocycles. The number of halogens is 1. The fourth-order valence-corrected chi connectivity index (χ4v) is 4.00. The lowest BCUT2D eigenvalue weighted by atomic mass is 9.86. The van der Waals surface area contributed by atoms with Crippen LogP contribution in [0.2, 0.25) is 5.15 Å². The standard InChI is InChI=1S/C12H16ClN3OS/c1-15-4-2-12(7-15)3-5-16(8-12)11(17)10-14-9(13)6-18-10/h6H,2-5,7-8H2,1H3. The largest absolute Gasteiger partial charge is 0.336 e. The monoisotopic (exact) mass is 285 g/mol. The Labute approximate surface area is 116 Å². The van der Waals surface area contributed by atoms with Gasteiger partial charge in [0.2, 0.25) is 0 Å². The van der Waals surface area contributed by atoms with Crippen LogP contribution >= 0.6 is 22.9 Å². The molecule has 1 spiro atoms. The van der Waals surface area contributed by atoms with Crippen LogP contribution in [0.3, 0.4) is 0 Å². The Hall–Kier alpha value is -0.650. The summed E-state index contributed by atoms with van der Waals surface area (Å²) in [5.74, 6) is 0.0401. The molecule has 3 rings (SSSR count). The summed E-state index contributed by atoms with van der Waals surface area (Å²) >= 11 is 7.10. The van der Waals surface area contributed by atoms with Gasteiger partial charge in [-0.25, -0.2) is 4.98 Å². The zero-order chi connectivity index (χ0) is 12.8. The van der Waals surface area contributed by atoms with Gasteiger partial charge in [-0.2, -0.15) is 0 Å². The second-order valence-corrected chi connectivity index (χ2v) is 6.69. The van der Waals surface area contributed by atoms with E-state index in [0.717, 1.165) is 32.6 Å². The average molecular weight is 286 g/mol. The molecule has 1 atom stereocenters. The van der Waals surface area contributed by atoms with Crippen LogP contribution in [0.15, 0.2) is 5.38 Å². The van der Waals surface area contributed by atoms with Crippen LogP contribution in [0.25, 0.3) is 0 Å². The van der Waals surface area contributed by atoms with Gasteiger partial charge in [0, 0.05) is 30.4 Å². The van der Waals surface area contributed by atoms with E-state index in [0.29, 0.717) is 15.6 Å². The molecule has 98 valence electrons. The zero-order valence-electron chi connectivity index (χ0n) is 10.4. The summed E-state index contributed by atoms with van der Waals surface area (Å²) in [6, 6.07) is 0. The van der Waals surface area contributed by atoms with Gasteiger partial charge in [-0.1, -0.05) is 11.6 Å². The molecule has 0 N–H and O–H groups in total. The number of carbonyl (C=O) groups excluding carboxylic acids is 1. The second-order valence-electron chi connectivity index (χ2n) is 5.44. The number of likely N-dealkylation sites (tertiary alicyclic amines) is 2. The summed E-state index contributed by atoms with van der Waals surface area (Å²) in [6.07, 6.45) is 2.31. The number of carbonyl (C=O) groups is 1. The molecule has 0 bridgehead atoms. The fraction of sp³-hybridized carbons (Fsp3) is 0.667. The van der Waals surface area contributed by atoms with Crippen molar-refractivity contribution in [1.82, 2.24) is 14.8 Å². The third-order valence-electron chi connectivity index (χ3n) is 4.01. The minimum Gasteiger partial charge on any atom is -0.336 e. The number of hydrogen-bond acceptors (Lipinski definition) is 4. The highest BCUT2D eigenvalue weighted by Gasteiger charge is 2.44. The van der Waals surface area contributed by atoms with Crippen molar-refractivity contribution in [1.29, 1.82) is 0 Å². The number of nitrogens with zero attached hydrogens (tertiary/aromatic N) is 3. The predicted octanol–water partition coefficient (Wildman–Crippen LogP) is 1.96. The highest BCUT2D eigenvalue weighted by molar-refractivity contribution is 7.12. The highest BCUT2D eigenvalue weighted by Crippen LogP contribution is 2.39. The van der Waals surface area contributed by atoms with E-state index in [1.54, 1.807) is 5.38 Å². The molecule has 1 aromatic heterocycles. The predicted molar refractivity (Wildman–Crippen MR) is 72.2 cm³/mol. The normalized spacial score (nSPS) is 28.4. The molecule has 2 aliphatic rings. The Balaban J connectivity index is 1.71. The summed E-state index contributed by atoms with van der Waals surface area (Å²) in [5.41, 5.74) is 0.325. The van der Waals surface area contributed by atoms with Crippen molar-refractivity contribution in [2.75, 3.05) is 33.2 Å². The van der Waals surface area contributed by atoms with Crippen molar-refractivity contribution in [2.45, 2.75) is 12.8 Å². The molecule has 3 heterocycles. The van der Waals surface area contributed by atoms with Crippen LogP contribution in [0.5, 0.6) is 0 Å². The lowest BCUT2D eigenvalue weighted by molar-refractivity contribution is 0.0773.